The highest BCUT2D eigenvalue weighted by Gasteiger charge is 2.42. The highest BCUT2D eigenvalue weighted by molar-refractivity contribution is 6.35. The van der Waals surface area contributed by atoms with Crippen LogP contribution in [0.1, 0.15) is 16.8 Å². The maximum absolute atomic E-state index is 12.9. The Balaban J connectivity index is 0.000000569. The fraction of sp³-hybridized carbons (Fsp3) is 0.294. The van der Waals surface area contributed by atoms with Crippen LogP contribution in [0.4, 0.5) is 0 Å². The number of nitrogens with one attached hydrogen (secondary N) is 1. The van der Waals surface area contributed by atoms with Crippen molar-refractivity contribution < 1.29 is 19.5 Å². The van der Waals surface area contributed by atoms with Crippen molar-refractivity contribution in [2.45, 2.75) is 12.5 Å². The second kappa shape index (κ2) is 7.06. The molecular formula is C17H16ClN3O4. The number of benzene rings is 1. The molecule has 0 radical (unpaired) electrons. The van der Waals surface area contributed by atoms with Crippen LogP contribution in [0.3, 0.4) is 0 Å². The summed E-state index contributed by atoms with van der Waals surface area (Å²) in [5, 5.41) is 11.0. The van der Waals surface area contributed by atoms with Crippen molar-refractivity contribution in [2.75, 3.05) is 13.1 Å². The number of fused-ring (bicyclic) bond motifs is 2. The summed E-state index contributed by atoms with van der Waals surface area (Å²) < 4.78 is 0. The number of carbonyl (C=O) groups is 3. The zero-order valence-corrected chi connectivity index (χ0v) is 13.9. The van der Waals surface area contributed by atoms with E-state index in [9.17, 15) is 9.59 Å². The predicted molar refractivity (Wildman–Crippen MR) is 91.4 cm³/mol. The average molecular weight is 362 g/mol. The second-order valence-electron chi connectivity index (χ2n) is 5.95. The van der Waals surface area contributed by atoms with Gasteiger partial charge >= 0.3 is 0 Å². The van der Waals surface area contributed by atoms with E-state index < -0.39 is 0 Å². The summed E-state index contributed by atoms with van der Waals surface area (Å²) in [6.45, 7) is 0.886. The summed E-state index contributed by atoms with van der Waals surface area (Å²) in [5.74, 6) is 0.199. The molecule has 2 atom stereocenters. The van der Waals surface area contributed by atoms with Crippen molar-refractivity contribution in [1.29, 1.82) is 0 Å². The number of amides is 2. The van der Waals surface area contributed by atoms with Gasteiger partial charge in [0.05, 0.1) is 22.1 Å². The van der Waals surface area contributed by atoms with Crippen LogP contribution in [0.5, 0.6) is 0 Å². The van der Waals surface area contributed by atoms with Gasteiger partial charge in [0, 0.05) is 37.0 Å². The zero-order chi connectivity index (χ0) is 18.0. The minimum absolute atomic E-state index is 0.0725. The molecule has 2 fully saturated rings. The Morgan fingerprint density at radius 1 is 1.36 bits per heavy atom. The molecular weight excluding hydrogens is 346 g/mol. The normalized spacial score (nSPS) is 21.3. The second-order valence-corrected chi connectivity index (χ2v) is 6.35. The van der Waals surface area contributed by atoms with Crippen molar-refractivity contribution in [3.05, 3.63) is 41.0 Å². The Morgan fingerprint density at radius 2 is 2.12 bits per heavy atom. The van der Waals surface area contributed by atoms with Gasteiger partial charge in [0.25, 0.3) is 12.4 Å². The Labute approximate surface area is 148 Å². The minimum Gasteiger partial charge on any atom is -0.483 e. The van der Waals surface area contributed by atoms with E-state index in [1.165, 1.54) is 0 Å². The number of nitrogens with zero attached hydrogens (tertiary/aromatic N) is 2. The molecule has 25 heavy (non-hydrogen) atoms. The van der Waals surface area contributed by atoms with Gasteiger partial charge in [-0.05, 0) is 18.2 Å². The number of aromatic nitrogens is 1. The SMILES string of the molecule is O=C1C[C@H]2CN(C(=O)c3c(Cl)ccc4ncccc34)C[C@H]2N1.O=CO. The lowest BCUT2D eigenvalue weighted by atomic mass is 10.1. The van der Waals surface area contributed by atoms with Crippen molar-refractivity contribution in [3.63, 3.8) is 0 Å². The monoisotopic (exact) mass is 361 g/mol. The van der Waals surface area contributed by atoms with Crippen molar-refractivity contribution in [1.82, 2.24) is 15.2 Å². The summed E-state index contributed by atoms with van der Waals surface area (Å²) >= 11 is 6.28. The number of rotatable bonds is 1. The van der Waals surface area contributed by atoms with Gasteiger partial charge in [-0.2, -0.15) is 0 Å². The highest BCUT2D eigenvalue weighted by Crippen LogP contribution is 2.30. The standard InChI is InChI=1S/C16H14ClN3O2.CH2O2/c17-11-3-4-12-10(2-1-5-18-12)15(11)16(22)20-7-9-6-14(21)19-13(9)8-20;2-1-3/h1-5,9,13H,6-8H2,(H,19,21);1H,(H,2,3)/t9-,13+;/m0./s1. The van der Waals surface area contributed by atoms with Crippen LogP contribution in [0.25, 0.3) is 10.9 Å². The third-order valence-electron chi connectivity index (χ3n) is 4.47. The molecule has 2 saturated heterocycles. The molecule has 0 aliphatic carbocycles. The molecule has 1 aromatic heterocycles. The number of carboxylic acid groups (broad SMARTS) is 1. The van der Waals surface area contributed by atoms with Crippen LogP contribution in [-0.4, -0.2) is 52.4 Å². The Morgan fingerprint density at radius 3 is 2.84 bits per heavy atom. The molecule has 2 aliphatic rings. The molecule has 0 unspecified atom stereocenters. The first-order chi connectivity index (χ1) is 12.0. The number of likely N-dealkylation sites (tertiary alicyclic amines) is 1. The van der Waals surface area contributed by atoms with Crippen molar-refractivity contribution in [3.8, 4) is 0 Å². The topological polar surface area (TPSA) is 99.6 Å². The van der Waals surface area contributed by atoms with Gasteiger partial charge in [0.1, 0.15) is 0 Å². The maximum Gasteiger partial charge on any atom is 0.290 e. The Kier molecular flexibility index (Phi) is 4.85. The largest absolute Gasteiger partial charge is 0.483 e. The van der Waals surface area contributed by atoms with Crippen LogP contribution >= 0.6 is 11.6 Å². The Hall–Kier alpha value is -2.67. The van der Waals surface area contributed by atoms with Crippen LogP contribution < -0.4 is 5.32 Å². The molecule has 2 aromatic rings. The Bertz CT molecular complexity index is 826. The number of hydrogen-bond donors (Lipinski definition) is 2. The molecule has 2 N–H and O–H groups in total. The molecule has 1 aromatic carbocycles. The predicted octanol–water partition coefficient (Wildman–Crippen LogP) is 1.55. The number of carbonyl (C=O) groups excluding carboxylic acids is 2. The van der Waals surface area contributed by atoms with E-state index >= 15 is 0 Å². The fourth-order valence-electron chi connectivity index (χ4n) is 3.41. The van der Waals surface area contributed by atoms with Gasteiger partial charge in [-0.15, -0.1) is 0 Å². The smallest absolute Gasteiger partial charge is 0.290 e. The van der Waals surface area contributed by atoms with E-state index in [1.807, 2.05) is 12.1 Å². The first kappa shape index (κ1) is 17.2. The molecule has 0 spiro atoms. The van der Waals surface area contributed by atoms with Gasteiger partial charge in [-0.25, -0.2) is 0 Å². The molecule has 130 valence electrons. The van der Waals surface area contributed by atoms with Crippen LogP contribution in [-0.2, 0) is 9.59 Å². The number of hydrogen-bond acceptors (Lipinski definition) is 4. The summed E-state index contributed by atoms with van der Waals surface area (Å²) in [6, 6.07) is 7.26. The minimum atomic E-state index is -0.250. The molecule has 0 bridgehead atoms. The molecule has 0 saturated carbocycles. The summed E-state index contributed by atoms with van der Waals surface area (Å²) in [7, 11) is 0. The van der Waals surface area contributed by atoms with E-state index in [0.717, 1.165) is 10.9 Å². The van der Waals surface area contributed by atoms with E-state index in [1.54, 1.807) is 23.2 Å². The lowest BCUT2D eigenvalue weighted by Gasteiger charge is -2.19. The summed E-state index contributed by atoms with van der Waals surface area (Å²) in [6.07, 6.45) is 2.19. The van der Waals surface area contributed by atoms with Gasteiger partial charge in [-0.1, -0.05) is 17.7 Å². The van der Waals surface area contributed by atoms with Crippen LogP contribution in [0, 0.1) is 5.92 Å². The van der Waals surface area contributed by atoms with Gasteiger partial charge in [0.2, 0.25) is 5.91 Å². The fourth-order valence-corrected chi connectivity index (χ4v) is 3.66. The molecule has 2 aliphatic heterocycles. The number of halogens is 1. The maximum atomic E-state index is 12.9. The first-order valence-electron chi connectivity index (χ1n) is 7.75. The van der Waals surface area contributed by atoms with Gasteiger partial charge in [-0.3, -0.25) is 19.4 Å². The molecule has 8 heteroatoms. The summed E-state index contributed by atoms with van der Waals surface area (Å²) in [4.78, 5) is 38.7. The third kappa shape index (κ3) is 3.28. The van der Waals surface area contributed by atoms with Crippen LogP contribution in [0.15, 0.2) is 30.5 Å². The lowest BCUT2D eigenvalue weighted by molar-refractivity contribution is -0.123. The summed E-state index contributed by atoms with van der Waals surface area (Å²) in [5.41, 5.74) is 1.25. The third-order valence-corrected chi connectivity index (χ3v) is 4.79. The lowest BCUT2D eigenvalue weighted by Crippen LogP contribution is -2.35. The van der Waals surface area contributed by atoms with Crippen molar-refractivity contribution >= 4 is 40.8 Å². The molecule has 7 nitrogen and oxygen atoms in total. The highest BCUT2D eigenvalue weighted by atomic mass is 35.5. The van der Waals surface area contributed by atoms with E-state index in [4.69, 9.17) is 21.5 Å². The van der Waals surface area contributed by atoms with E-state index in [-0.39, 0.29) is 30.2 Å². The first-order valence-corrected chi connectivity index (χ1v) is 8.12. The van der Waals surface area contributed by atoms with Gasteiger partial charge in [0.15, 0.2) is 0 Å². The van der Waals surface area contributed by atoms with Gasteiger partial charge < -0.3 is 15.3 Å². The number of pyridine rings is 1. The van der Waals surface area contributed by atoms with E-state index in [2.05, 4.69) is 10.3 Å². The molecule has 3 heterocycles. The molecule has 4 rings (SSSR count). The quantitative estimate of drug-likeness (QED) is 0.751. The average Bonchev–Trinajstić information content (AvgIpc) is 3.12. The zero-order valence-electron chi connectivity index (χ0n) is 13.2. The van der Waals surface area contributed by atoms with Crippen LogP contribution in [0.2, 0.25) is 5.02 Å². The molecule has 2 amide bonds. The van der Waals surface area contributed by atoms with Crippen molar-refractivity contribution in [2.24, 2.45) is 5.92 Å². The van der Waals surface area contributed by atoms with E-state index in [0.29, 0.717) is 30.1 Å².